The van der Waals surface area contributed by atoms with Gasteiger partial charge in [-0.15, -0.1) is 0 Å². The van der Waals surface area contributed by atoms with Crippen molar-refractivity contribution >= 4 is 5.91 Å². The minimum Gasteiger partial charge on any atom is -0.508 e. The number of hydrogen-bond acceptors (Lipinski definition) is 2. The predicted molar refractivity (Wildman–Crippen MR) is 74.0 cm³/mol. The molecule has 1 saturated carbocycles. The van der Waals surface area contributed by atoms with E-state index >= 15 is 0 Å². The molecule has 0 bridgehead atoms. The fourth-order valence-corrected chi connectivity index (χ4v) is 1.96. The highest BCUT2D eigenvalue weighted by atomic mass is 16.3. The minimum absolute atomic E-state index is 0.000226. The van der Waals surface area contributed by atoms with Gasteiger partial charge in [-0.05, 0) is 48.2 Å². The van der Waals surface area contributed by atoms with Crippen molar-refractivity contribution in [2.24, 2.45) is 0 Å². The van der Waals surface area contributed by atoms with Crippen LogP contribution < -0.4 is 5.32 Å². The molecule has 96 valence electrons. The highest BCUT2D eigenvalue weighted by Gasteiger charge is 2.23. The van der Waals surface area contributed by atoms with Gasteiger partial charge in [0.05, 0.1) is 0 Å². The molecule has 1 aliphatic carbocycles. The molecule has 0 heterocycles. The molecule has 0 aliphatic heterocycles. The molecule has 0 unspecified atom stereocenters. The number of phenols is 1. The van der Waals surface area contributed by atoms with Crippen LogP contribution in [0.1, 0.15) is 23.2 Å². The number of phenolic OH excluding ortho intramolecular Hbond substituents is 1. The van der Waals surface area contributed by atoms with E-state index in [4.69, 9.17) is 0 Å². The molecule has 3 nitrogen and oxygen atoms in total. The second-order valence-corrected chi connectivity index (χ2v) is 4.87. The Hall–Kier alpha value is -2.29. The van der Waals surface area contributed by atoms with Crippen molar-refractivity contribution in [3.05, 3.63) is 54.1 Å². The van der Waals surface area contributed by atoms with Gasteiger partial charge in [0.1, 0.15) is 5.75 Å². The summed E-state index contributed by atoms with van der Waals surface area (Å²) in [6.45, 7) is 0. The quantitative estimate of drug-likeness (QED) is 0.883. The molecular formula is C16H15NO2. The maximum absolute atomic E-state index is 11.8. The number of amides is 1. The Balaban J connectivity index is 1.77. The first-order valence-corrected chi connectivity index (χ1v) is 6.43. The van der Waals surface area contributed by atoms with E-state index in [0.29, 0.717) is 11.6 Å². The number of rotatable bonds is 3. The molecule has 1 aliphatic rings. The van der Waals surface area contributed by atoms with Gasteiger partial charge in [0.2, 0.25) is 0 Å². The van der Waals surface area contributed by atoms with Crippen LogP contribution in [0.25, 0.3) is 11.1 Å². The molecule has 1 fully saturated rings. The predicted octanol–water partition coefficient (Wildman–Crippen LogP) is 2.95. The van der Waals surface area contributed by atoms with Crippen LogP contribution in [0.2, 0.25) is 0 Å². The summed E-state index contributed by atoms with van der Waals surface area (Å²) < 4.78 is 0. The molecule has 0 radical (unpaired) electrons. The van der Waals surface area contributed by atoms with Crippen LogP contribution in [0.3, 0.4) is 0 Å². The topological polar surface area (TPSA) is 49.3 Å². The average molecular weight is 253 g/mol. The molecule has 19 heavy (non-hydrogen) atoms. The van der Waals surface area contributed by atoms with Gasteiger partial charge in [-0.1, -0.05) is 24.3 Å². The molecule has 0 atom stereocenters. The van der Waals surface area contributed by atoms with Gasteiger partial charge < -0.3 is 10.4 Å². The summed E-state index contributed by atoms with van der Waals surface area (Å²) in [5.41, 5.74) is 2.74. The summed E-state index contributed by atoms with van der Waals surface area (Å²) in [7, 11) is 0. The Morgan fingerprint density at radius 2 is 1.47 bits per heavy atom. The fraction of sp³-hybridized carbons (Fsp3) is 0.188. The van der Waals surface area contributed by atoms with Crippen molar-refractivity contribution in [3.8, 4) is 16.9 Å². The van der Waals surface area contributed by atoms with E-state index in [1.165, 1.54) is 0 Å². The molecule has 3 heteroatoms. The minimum atomic E-state index is -0.000226. The van der Waals surface area contributed by atoms with Crippen LogP contribution in [0.5, 0.6) is 5.75 Å². The number of carbonyl (C=O) groups excluding carboxylic acids is 1. The second-order valence-electron chi connectivity index (χ2n) is 4.87. The van der Waals surface area contributed by atoms with Crippen LogP contribution in [-0.4, -0.2) is 17.1 Å². The molecule has 0 aromatic heterocycles. The molecule has 0 spiro atoms. The van der Waals surface area contributed by atoms with Crippen LogP contribution in [0, 0.1) is 0 Å². The Morgan fingerprint density at radius 1 is 0.947 bits per heavy atom. The van der Waals surface area contributed by atoms with Crippen molar-refractivity contribution in [1.29, 1.82) is 0 Å². The highest BCUT2D eigenvalue weighted by Crippen LogP contribution is 2.23. The van der Waals surface area contributed by atoms with Crippen LogP contribution >= 0.6 is 0 Å². The highest BCUT2D eigenvalue weighted by molar-refractivity contribution is 5.95. The third kappa shape index (κ3) is 2.76. The third-order valence-corrected chi connectivity index (χ3v) is 3.26. The lowest BCUT2D eigenvalue weighted by molar-refractivity contribution is 0.0951. The lowest BCUT2D eigenvalue weighted by Crippen LogP contribution is -2.25. The van der Waals surface area contributed by atoms with E-state index < -0.39 is 0 Å². The van der Waals surface area contributed by atoms with Crippen molar-refractivity contribution in [2.45, 2.75) is 18.9 Å². The van der Waals surface area contributed by atoms with Crippen LogP contribution in [0.15, 0.2) is 48.5 Å². The van der Waals surface area contributed by atoms with Crippen LogP contribution in [-0.2, 0) is 0 Å². The normalized spacial score (nSPS) is 14.1. The third-order valence-electron chi connectivity index (χ3n) is 3.26. The van der Waals surface area contributed by atoms with Crippen molar-refractivity contribution in [3.63, 3.8) is 0 Å². The zero-order chi connectivity index (χ0) is 13.2. The molecule has 2 aromatic rings. The van der Waals surface area contributed by atoms with E-state index in [0.717, 1.165) is 24.0 Å². The lowest BCUT2D eigenvalue weighted by Gasteiger charge is -2.05. The summed E-state index contributed by atoms with van der Waals surface area (Å²) in [6, 6.07) is 14.9. The summed E-state index contributed by atoms with van der Waals surface area (Å²) in [6.07, 6.45) is 2.19. The zero-order valence-electron chi connectivity index (χ0n) is 10.5. The van der Waals surface area contributed by atoms with Gasteiger partial charge in [-0.3, -0.25) is 4.79 Å². The standard InChI is InChI=1S/C16H15NO2/c18-15-9-5-12(6-10-15)11-1-3-13(4-2-11)16(19)17-14-7-8-14/h1-6,9-10,14,18H,7-8H2,(H,17,19). The van der Waals surface area contributed by atoms with Crippen molar-refractivity contribution in [2.75, 3.05) is 0 Å². The molecule has 2 aromatic carbocycles. The van der Waals surface area contributed by atoms with Crippen LogP contribution in [0.4, 0.5) is 0 Å². The van der Waals surface area contributed by atoms with Gasteiger partial charge in [0.25, 0.3) is 5.91 Å². The first-order chi connectivity index (χ1) is 9.22. The van der Waals surface area contributed by atoms with E-state index in [-0.39, 0.29) is 11.7 Å². The summed E-state index contributed by atoms with van der Waals surface area (Å²) >= 11 is 0. The summed E-state index contributed by atoms with van der Waals surface area (Å²) in [4.78, 5) is 11.8. The molecular weight excluding hydrogens is 238 g/mol. The average Bonchev–Trinajstić information content (AvgIpc) is 3.24. The van der Waals surface area contributed by atoms with E-state index in [1.54, 1.807) is 12.1 Å². The van der Waals surface area contributed by atoms with E-state index in [1.807, 2.05) is 36.4 Å². The number of benzene rings is 2. The first kappa shape index (κ1) is 11.8. The number of hydrogen-bond donors (Lipinski definition) is 2. The van der Waals surface area contributed by atoms with Gasteiger partial charge >= 0.3 is 0 Å². The number of carbonyl (C=O) groups is 1. The SMILES string of the molecule is O=C(NC1CC1)c1ccc(-c2ccc(O)cc2)cc1. The van der Waals surface area contributed by atoms with Gasteiger partial charge in [-0.2, -0.15) is 0 Å². The smallest absolute Gasteiger partial charge is 0.251 e. The monoisotopic (exact) mass is 253 g/mol. The van der Waals surface area contributed by atoms with E-state index in [9.17, 15) is 9.90 Å². The Morgan fingerprint density at radius 3 is 2.00 bits per heavy atom. The summed E-state index contributed by atoms with van der Waals surface area (Å²) in [5.74, 6) is 0.254. The van der Waals surface area contributed by atoms with Crippen molar-refractivity contribution in [1.82, 2.24) is 5.32 Å². The second kappa shape index (κ2) is 4.76. The molecule has 0 saturated heterocycles. The Labute approximate surface area is 111 Å². The Bertz CT molecular complexity index is 583. The van der Waals surface area contributed by atoms with E-state index in [2.05, 4.69) is 5.32 Å². The number of nitrogens with one attached hydrogen (secondary N) is 1. The lowest BCUT2D eigenvalue weighted by atomic mass is 10.0. The zero-order valence-corrected chi connectivity index (χ0v) is 10.5. The van der Waals surface area contributed by atoms with Gasteiger partial charge in [0, 0.05) is 11.6 Å². The molecule has 2 N–H and O–H groups in total. The van der Waals surface area contributed by atoms with Crippen molar-refractivity contribution < 1.29 is 9.90 Å². The maximum Gasteiger partial charge on any atom is 0.251 e. The van der Waals surface area contributed by atoms with Gasteiger partial charge in [0.15, 0.2) is 0 Å². The first-order valence-electron chi connectivity index (χ1n) is 6.43. The Kier molecular flexibility index (Phi) is 2.95. The summed E-state index contributed by atoms with van der Waals surface area (Å²) in [5, 5.41) is 12.2. The maximum atomic E-state index is 11.8. The fourth-order valence-electron chi connectivity index (χ4n) is 1.96. The largest absolute Gasteiger partial charge is 0.508 e. The molecule has 3 rings (SSSR count). The molecule has 1 amide bonds. The van der Waals surface area contributed by atoms with Gasteiger partial charge in [-0.25, -0.2) is 0 Å². The number of aromatic hydroxyl groups is 1.